The van der Waals surface area contributed by atoms with E-state index in [2.05, 4.69) is 4.74 Å². The number of methoxy groups -OCH3 is 1. The molecular weight excluding hydrogens is 180 g/mol. The standard InChI is InChI=1S/C10H14N2O2/c1-12-8(6-5-7(6)11)3-4-9(12)10(13)14-2/h3-4,6-7H,5,11H2,1-2H3/t6-,7-/m1/s1. The van der Waals surface area contributed by atoms with Crippen LogP contribution in [0.4, 0.5) is 0 Å². The Morgan fingerprint density at radius 2 is 2.29 bits per heavy atom. The van der Waals surface area contributed by atoms with Crippen LogP contribution < -0.4 is 5.73 Å². The Hall–Kier alpha value is -1.29. The summed E-state index contributed by atoms with van der Waals surface area (Å²) in [6.45, 7) is 0. The topological polar surface area (TPSA) is 57.2 Å². The summed E-state index contributed by atoms with van der Waals surface area (Å²) in [6, 6.07) is 3.99. The number of aromatic nitrogens is 1. The Kier molecular flexibility index (Phi) is 2.07. The van der Waals surface area contributed by atoms with E-state index in [1.54, 1.807) is 6.07 Å². The Balaban J connectivity index is 2.28. The van der Waals surface area contributed by atoms with Crippen LogP contribution in [0.15, 0.2) is 12.1 Å². The molecule has 2 rings (SSSR count). The minimum atomic E-state index is -0.298. The van der Waals surface area contributed by atoms with Crippen LogP contribution in [0.1, 0.15) is 28.5 Å². The summed E-state index contributed by atoms with van der Waals surface area (Å²) in [4.78, 5) is 11.3. The number of rotatable bonds is 2. The molecule has 14 heavy (non-hydrogen) atoms. The van der Waals surface area contributed by atoms with Gasteiger partial charge in [-0.1, -0.05) is 0 Å². The van der Waals surface area contributed by atoms with Crippen LogP contribution in [0.5, 0.6) is 0 Å². The molecule has 1 fully saturated rings. The molecule has 1 saturated carbocycles. The molecule has 0 bridgehead atoms. The maximum Gasteiger partial charge on any atom is 0.354 e. The van der Waals surface area contributed by atoms with Gasteiger partial charge >= 0.3 is 5.97 Å². The molecule has 1 aliphatic carbocycles. The number of nitrogens with two attached hydrogens (primary N) is 1. The Morgan fingerprint density at radius 3 is 2.79 bits per heavy atom. The first-order chi connectivity index (χ1) is 6.65. The van der Waals surface area contributed by atoms with Gasteiger partial charge in [0.2, 0.25) is 0 Å². The first kappa shape index (κ1) is 9.27. The van der Waals surface area contributed by atoms with Crippen LogP contribution in [0, 0.1) is 0 Å². The summed E-state index contributed by atoms with van der Waals surface area (Å²) >= 11 is 0. The van der Waals surface area contributed by atoms with E-state index in [1.165, 1.54) is 7.11 Å². The zero-order valence-corrected chi connectivity index (χ0v) is 8.36. The number of nitrogens with zero attached hydrogens (tertiary/aromatic N) is 1. The second-order valence-electron chi connectivity index (χ2n) is 3.70. The molecule has 1 aromatic heterocycles. The largest absolute Gasteiger partial charge is 0.464 e. The number of hydrogen-bond acceptors (Lipinski definition) is 3. The Bertz CT molecular complexity index is 370. The van der Waals surface area contributed by atoms with Crippen molar-refractivity contribution in [3.8, 4) is 0 Å². The van der Waals surface area contributed by atoms with E-state index in [0.717, 1.165) is 12.1 Å². The van der Waals surface area contributed by atoms with Gasteiger partial charge < -0.3 is 15.0 Å². The minimum absolute atomic E-state index is 0.258. The van der Waals surface area contributed by atoms with Crippen LogP contribution in [0.3, 0.4) is 0 Å². The van der Waals surface area contributed by atoms with Gasteiger partial charge in [-0.3, -0.25) is 0 Å². The third-order valence-corrected chi connectivity index (χ3v) is 2.77. The Labute approximate surface area is 82.6 Å². The summed E-state index contributed by atoms with van der Waals surface area (Å²) in [7, 11) is 3.25. The molecule has 1 heterocycles. The van der Waals surface area contributed by atoms with Crippen molar-refractivity contribution >= 4 is 5.97 Å². The molecule has 0 aromatic carbocycles. The predicted molar refractivity (Wildman–Crippen MR) is 52.1 cm³/mol. The number of esters is 1. The lowest BCUT2D eigenvalue weighted by atomic mass is 10.3. The van der Waals surface area contributed by atoms with Crippen LogP contribution in [-0.2, 0) is 11.8 Å². The first-order valence-corrected chi connectivity index (χ1v) is 4.64. The van der Waals surface area contributed by atoms with Crippen molar-refractivity contribution in [2.24, 2.45) is 12.8 Å². The van der Waals surface area contributed by atoms with Crippen LogP contribution in [-0.4, -0.2) is 23.7 Å². The normalized spacial score (nSPS) is 24.8. The van der Waals surface area contributed by atoms with Crippen molar-refractivity contribution < 1.29 is 9.53 Å². The van der Waals surface area contributed by atoms with Gasteiger partial charge in [0.25, 0.3) is 0 Å². The zero-order chi connectivity index (χ0) is 10.3. The lowest BCUT2D eigenvalue weighted by Gasteiger charge is -2.05. The number of carbonyl (C=O) groups is 1. The van der Waals surface area contributed by atoms with Gasteiger partial charge in [0.05, 0.1) is 7.11 Å². The number of ether oxygens (including phenoxy) is 1. The maximum atomic E-state index is 11.3. The van der Waals surface area contributed by atoms with E-state index < -0.39 is 0 Å². The SMILES string of the molecule is COC(=O)c1ccc([C@@H]2C[C@H]2N)n1C. The van der Waals surface area contributed by atoms with E-state index in [9.17, 15) is 4.79 Å². The molecule has 0 radical (unpaired) electrons. The molecule has 76 valence electrons. The average molecular weight is 194 g/mol. The van der Waals surface area contributed by atoms with Gasteiger partial charge in [0.1, 0.15) is 5.69 Å². The molecule has 0 spiro atoms. The monoisotopic (exact) mass is 194 g/mol. The fraction of sp³-hybridized carbons (Fsp3) is 0.500. The molecule has 4 nitrogen and oxygen atoms in total. The fourth-order valence-electron chi connectivity index (χ4n) is 1.76. The van der Waals surface area contributed by atoms with Crippen molar-refractivity contribution in [3.63, 3.8) is 0 Å². The molecule has 1 aliphatic rings. The summed E-state index contributed by atoms with van der Waals surface area (Å²) < 4.78 is 6.53. The molecule has 2 N–H and O–H groups in total. The van der Waals surface area contributed by atoms with Crippen molar-refractivity contribution in [2.45, 2.75) is 18.4 Å². The van der Waals surface area contributed by atoms with E-state index in [-0.39, 0.29) is 12.0 Å². The molecule has 0 aliphatic heterocycles. The summed E-state index contributed by atoms with van der Waals surface area (Å²) in [6.07, 6.45) is 1.01. The Morgan fingerprint density at radius 1 is 1.64 bits per heavy atom. The second kappa shape index (κ2) is 3.13. The third kappa shape index (κ3) is 1.32. The van der Waals surface area contributed by atoms with Crippen LogP contribution in [0.25, 0.3) is 0 Å². The first-order valence-electron chi connectivity index (χ1n) is 4.64. The maximum absolute atomic E-state index is 11.3. The van der Waals surface area contributed by atoms with Crippen molar-refractivity contribution in [2.75, 3.05) is 7.11 Å². The molecule has 2 atom stereocenters. The van der Waals surface area contributed by atoms with Gasteiger partial charge in [-0.2, -0.15) is 0 Å². The van der Waals surface area contributed by atoms with Crippen molar-refractivity contribution in [3.05, 3.63) is 23.5 Å². The lowest BCUT2D eigenvalue weighted by molar-refractivity contribution is 0.0589. The predicted octanol–water partition coefficient (Wildman–Crippen LogP) is 0.626. The summed E-state index contributed by atoms with van der Waals surface area (Å²) in [5.74, 6) is 0.117. The van der Waals surface area contributed by atoms with Gasteiger partial charge in [-0.25, -0.2) is 4.79 Å². The molecule has 0 unspecified atom stereocenters. The van der Waals surface area contributed by atoms with E-state index in [0.29, 0.717) is 11.6 Å². The van der Waals surface area contributed by atoms with Crippen LogP contribution in [0.2, 0.25) is 0 Å². The van der Waals surface area contributed by atoms with Gasteiger partial charge in [-0.15, -0.1) is 0 Å². The highest BCUT2D eigenvalue weighted by atomic mass is 16.5. The van der Waals surface area contributed by atoms with Gasteiger partial charge in [0.15, 0.2) is 0 Å². The number of carbonyl (C=O) groups excluding carboxylic acids is 1. The second-order valence-corrected chi connectivity index (χ2v) is 3.70. The molecule has 1 aromatic rings. The molecule has 0 amide bonds. The third-order valence-electron chi connectivity index (χ3n) is 2.77. The quantitative estimate of drug-likeness (QED) is 0.702. The molecule has 0 saturated heterocycles. The number of hydrogen-bond donors (Lipinski definition) is 1. The minimum Gasteiger partial charge on any atom is -0.464 e. The van der Waals surface area contributed by atoms with E-state index >= 15 is 0 Å². The average Bonchev–Trinajstić information content (AvgIpc) is 2.75. The van der Waals surface area contributed by atoms with Crippen molar-refractivity contribution in [1.29, 1.82) is 0 Å². The zero-order valence-electron chi connectivity index (χ0n) is 8.36. The lowest BCUT2D eigenvalue weighted by Crippen LogP contribution is -2.10. The summed E-state index contributed by atoms with van der Waals surface area (Å²) in [5.41, 5.74) is 7.46. The summed E-state index contributed by atoms with van der Waals surface area (Å²) in [5, 5.41) is 0. The fourth-order valence-corrected chi connectivity index (χ4v) is 1.76. The van der Waals surface area contributed by atoms with E-state index in [1.807, 2.05) is 17.7 Å². The highest BCUT2D eigenvalue weighted by molar-refractivity contribution is 5.87. The van der Waals surface area contributed by atoms with E-state index in [4.69, 9.17) is 5.73 Å². The molecular formula is C10H14N2O2. The van der Waals surface area contributed by atoms with Gasteiger partial charge in [0, 0.05) is 24.7 Å². The van der Waals surface area contributed by atoms with Crippen LogP contribution >= 0.6 is 0 Å². The highest BCUT2D eigenvalue weighted by Gasteiger charge is 2.37. The highest BCUT2D eigenvalue weighted by Crippen LogP contribution is 2.39. The van der Waals surface area contributed by atoms with Gasteiger partial charge in [-0.05, 0) is 18.6 Å². The molecule has 4 heteroatoms. The van der Waals surface area contributed by atoms with Crippen molar-refractivity contribution in [1.82, 2.24) is 4.57 Å². The smallest absolute Gasteiger partial charge is 0.354 e.